The van der Waals surface area contributed by atoms with Gasteiger partial charge in [0.25, 0.3) is 5.56 Å². The molecule has 0 radical (unpaired) electrons. The lowest BCUT2D eigenvalue weighted by molar-refractivity contribution is 0.942. The lowest BCUT2D eigenvalue weighted by atomic mass is 10.2. The number of rotatable bonds is 1. The molecule has 0 fully saturated rings. The molecule has 4 nitrogen and oxygen atoms in total. The molecule has 6 heteroatoms. The molecule has 100 valence electrons. The van der Waals surface area contributed by atoms with E-state index in [9.17, 15) is 9.59 Å². The highest BCUT2D eigenvalue weighted by molar-refractivity contribution is 9.10. The number of para-hydroxylation sites is 1. The van der Waals surface area contributed by atoms with Crippen LogP contribution in [0, 0.1) is 0 Å². The first kappa shape index (κ1) is 13.1. The number of aromatic amines is 1. The third kappa shape index (κ3) is 2.09. The maximum absolute atomic E-state index is 12.2. The van der Waals surface area contributed by atoms with Crippen molar-refractivity contribution in [3.63, 3.8) is 0 Å². The van der Waals surface area contributed by atoms with Crippen molar-refractivity contribution in [2.45, 2.75) is 0 Å². The van der Waals surface area contributed by atoms with E-state index in [1.165, 1.54) is 4.57 Å². The van der Waals surface area contributed by atoms with Gasteiger partial charge in [0.1, 0.15) is 0 Å². The van der Waals surface area contributed by atoms with Gasteiger partial charge in [-0.25, -0.2) is 4.79 Å². The third-order valence-corrected chi connectivity index (χ3v) is 3.78. The van der Waals surface area contributed by atoms with Crippen LogP contribution in [0.1, 0.15) is 0 Å². The van der Waals surface area contributed by atoms with Crippen LogP contribution in [0.15, 0.2) is 56.5 Å². The lowest BCUT2D eigenvalue weighted by Gasteiger charge is -2.11. The van der Waals surface area contributed by atoms with Crippen LogP contribution in [0.3, 0.4) is 0 Å². The van der Waals surface area contributed by atoms with Gasteiger partial charge in [0.2, 0.25) is 0 Å². The van der Waals surface area contributed by atoms with Gasteiger partial charge in [-0.15, -0.1) is 0 Å². The summed E-state index contributed by atoms with van der Waals surface area (Å²) in [6.45, 7) is 0. The lowest BCUT2D eigenvalue weighted by Crippen LogP contribution is -2.29. The van der Waals surface area contributed by atoms with Crippen LogP contribution in [0.25, 0.3) is 16.6 Å². The van der Waals surface area contributed by atoms with Gasteiger partial charge in [-0.1, -0.05) is 39.7 Å². The highest BCUT2D eigenvalue weighted by Crippen LogP contribution is 2.23. The number of nitrogens with zero attached hydrogens (tertiary/aromatic N) is 1. The SMILES string of the molecule is O=c1[nH]c(=O)n(-c2ccccc2Cl)c2cc(Br)ccc12. The molecule has 0 spiro atoms. The number of halogens is 2. The average molecular weight is 352 g/mol. The van der Waals surface area contributed by atoms with Gasteiger partial charge in [-0.3, -0.25) is 14.3 Å². The van der Waals surface area contributed by atoms with Crippen molar-refractivity contribution in [2.24, 2.45) is 0 Å². The maximum Gasteiger partial charge on any atom is 0.333 e. The van der Waals surface area contributed by atoms with Crippen molar-refractivity contribution in [1.82, 2.24) is 9.55 Å². The first-order valence-corrected chi connectivity index (χ1v) is 6.94. The summed E-state index contributed by atoms with van der Waals surface area (Å²) in [4.78, 5) is 26.3. The van der Waals surface area contributed by atoms with Gasteiger partial charge in [0.15, 0.2) is 0 Å². The van der Waals surface area contributed by atoms with Gasteiger partial charge >= 0.3 is 5.69 Å². The number of H-pyrrole nitrogens is 1. The van der Waals surface area contributed by atoms with E-state index in [-0.39, 0.29) is 0 Å². The number of hydrogen-bond donors (Lipinski definition) is 1. The molecule has 3 rings (SSSR count). The van der Waals surface area contributed by atoms with Crippen molar-refractivity contribution in [3.05, 3.63) is 72.8 Å². The molecule has 3 aromatic rings. The Kier molecular flexibility index (Phi) is 3.23. The van der Waals surface area contributed by atoms with Crippen LogP contribution in [0.4, 0.5) is 0 Å². The Morgan fingerprint density at radius 2 is 1.85 bits per heavy atom. The summed E-state index contributed by atoms with van der Waals surface area (Å²) in [5.74, 6) is 0. The van der Waals surface area contributed by atoms with E-state index in [1.54, 1.807) is 42.5 Å². The molecule has 1 heterocycles. The van der Waals surface area contributed by atoms with E-state index in [2.05, 4.69) is 20.9 Å². The summed E-state index contributed by atoms with van der Waals surface area (Å²) < 4.78 is 2.17. The second-order valence-electron chi connectivity index (χ2n) is 4.21. The number of hydrogen-bond acceptors (Lipinski definition) is 2. The molecule has 0 atom stereocenters. The molecule has 1 N–H and O–H groups in total. The molecular weight excluding hydrogens is 344 g/mol. The van der Waals surface area contributed by atoms with Crippen molar-refractivity contribution in [3.8, 4) is 5.69 Å². The second-order valence-corrected chi connectivity index (χ2v) is 5.53. The third-order valence-electron chi connectivity index (χ3n) is 2.96. The normalized spacial score (nSPS) is 10.9. The Labute approximate surface area is 126 Å². The summed E-state index contributed by atoms with van der Waals surface area (Å²) in [6, 6.07) is 12.1. The first-order chi connectivity index (χ1) is 9.58. The summed E-state index contributed by atoms with van der Waals surface area (Å²) in [5.41, 5.74) is 0.0919. The fourth-order valence-corrected chi connectivity index (χ4v) is 2.65. The quantitative estimate of drug-likeness (QED) is 0.732. The Morgan fingerprint density at radius 3 is 2.60 bits per heavy atom. The smallest absolute Gasteiger partial charge is 0.273 e. The minimum Gasteiger partial charge on any atom is -0.273 e. The van der Waals surface area contributed by atoms with Crippen molar-refractivity contribution in [1.29, 1.82) is 0 Å². The van der Waals surface area contributed by atoms with E-state index in [4.69, 9.17) is 11.6 Å². The topological polar surface area (TPSA) is 54.9 Å². The Bertz CT molecular complexity index is 930. The minimum atomic E-state index is -0.520. The zero-order valence-electron chi connectivity index (χ0n) is 10.1. The molecular formula is C14H8BrClN2O2. The number of nitrogens with one attached hydrogen (secondary N) is 1. The highest BCUT2D eigenvalue weighted by atomic mass is 79.9. The fraction of sp³-hybridized carbons (Fsp3) is 0. The van der Waals surface area contributed by atoms with E-state index in [0.717, 1.165) is 4.47 Å². The number of fused-ring (bicyclic) bond motifs is 1. The predicted octanol–water partition coefficient (Wildman–Crippen LogP) is 3.09. The molecule has 0 amide bonds. The van der Waals surface area contributed by atoms with Crippen molar-refractivity contribution < 1.29 is 0 Å². The molecule has 0 aliphatic rings. The molecule has 1 aromatic heterocycles. The maximum atomic E-state index is 12.2. The van der Waals surface area contributed by atoms with E-state index < -0.39 is 11.2 Å². The Hall–Kier alpha value is -1.85. The van der Waals surface area contributed by atoms with Gasteiger partial charge in [0, 0.05) is 4.47 Å². The monoisotopic (exact) mass is 350 g/mol. The van der Waals surface area contributed by atoms with E-state index in [0.29, 0.717) is 21.6 Å². The van der Waals surface area contributed by atoms with Crippen LogP contribution in [0.5, 0.6) is 0 Å². The van der Waals surface area contributed by atoms with Gasteiger partial charge < -0.3 is 0 Å². The molecule has 0 unspecified atom stereocenters. The molecule has 0 saturated carbocycles. The Morgan fingerprint density at radius 1 is 1.10 bits per heavy atom. The highest BCUT2D eigenvalue weighted by Gasteiger charge is 2.11. The largest absolute Gasteiger partial charge is 0.333 e. The van der Waals surface area contributed by atoms with Crippen molar-refractivity contribution >= 4 is 38.4 Å². The summed E-state index contributed by atoms with van der Waals surface area (Å²) >= 11 is 9.49. The number of aromatic nitrogens is 2. The first-order valence-electron chi connectivity index (χ1n) is 5.77. The molecule has 0 bridgehead atoms. The second kappa shape index (κ2) is 4.92. The molecule has 20 heavy (non-hydrogen) atoms. The molecule has 2 aromatic carbocycles. The van der Waals surface area contributed by atoms with Crippen LogP contribution < -0.4 is 11.2 Å². The standard InChI is InChI=1S/C14H8BrClN2O2/c15-8-5-6-9-12(7-8)18(14(20)17-13(9)19)11-4-2-1-3-10(11)16/h1-7H,(H,17,19,20). The van der Waals surface area contributed by atoms with E-state index in [1.807, 2.05) is 0 Å². The average Bonchev–Trinajstić information content (AvgIpc) is 2.40. The fourth-order valence-electron chi connectivity index (χ4n) is 2.08. The summed E-state index contributed by atoms with van der Waals surface area (Å²) in [5, 5.41) is 0.857. The zero-order chi connectivity index (χ0) is 14.3. The Balaban J connectivity index is 2.54. The van der Waals surface area contributed by atoms with Crippen LogP contribution in [-0.2, 0) is 0 Å². The molecule has 0 aliphatic carbocycles. The van der Waals surface area contributed by atoms with Gasteiger partial charge in [-0.2, -0.15) is 0 Å². The van der Waals surface area contributed by atoms with Crippen LogP contribution in [-0.4, -0.2) is 9.55 Å². The summed E-state index contributed by atoms with van der Waals surface area (Å²) in [6.07, 6.45) is 0. The minimum absolute atomic E-state index is 0.416. The zero-order valence-corrected chi connectivity index (χ0v) is 12.4. The summed E-state index contributed by atoms with van der Waals surface area (Å²) in [7, 11) is 0. The molecule has 0 aliphatic heterocycles. The number of benzene rings is 2. The van der Waals surface area contributed by atoms with Crippen molar-refractivity contribution in [2.75, 3.05) is 0 Å². The molecule has 0 saturated heterocycles. The van der Waals surface area contributed by atoms with Crippen LogP contribution in [0.2, 0.25) is 5.02 Å². The van der Waals surface area contributed by atoms with Gasteiger partial charge in [0.05, 0.1) is 21.6 Å². The predicted molar refractivity (Wildman–Crippen MR) is 82.9 cm³/mol. The van der Waals surface area contributed by atoms with Gasteiger partial charge in [-0.05, 0) is 30.3 Å². The van der Waals surface area contributed by atoms with E-state index >= 15 is 0 Å². The van der Waals surface area contributed by atoms with Crippen LogP contribution >= 0.6 is 27.5 Å².